The van der Waals surface area contributed by atoms with Crippen LogP contribution >= 0.6 is 0 Å². The molecule has 0 bridgehead atoms. The maximum Gasteiger partial charge on any atom is 0.313 e. The molecule has 3 nitrogen and oxygen atoms in total. The number of hydrogen-bond acceptors (Lipinski definition) is 2. The molecule has 0 aliphatic heterocycles. The molecule has 0 saturated carbocycles. The average molecular weight is 231 g/mol. The molecule has 1 aromatic rings. The van der Waals surface area contributed by atoms with Crippen molar-refractivity contribution in [1.82, 2.24) is 5.32 Å². The Morgan fingerprint density at radius 3 is 2.41 bits per heavy atom. The van der Waals surface area contributed by atoms with Gasteiger partial charge < -0.3 is 10.4 Å². The number of hydrogen-bond donors (Lipinski definition) is 2. The second-order valence-corrected chi connectivity index (χ2v) is 4.34. The summed E-state index contributed by atoms with van der Waals surface area (Å²) in [5.41, 5.74) is 0.811. The number of rotatable bonds is 3. The maximum absolute atomic E-state index is 11.1. The minimum Gasteiger partial charge on any atom is -0.481 e. The van der Waals surface area contributed by atoms with Crippen LogP contribution in [0.4, 0.5) is 0 Å². The third kappa shape index (κ3) is 3.33. The number of carboxylic acids is 1. The fourth-order valence-corrected chi connectivity index (χ4v) is 1.33. The van der Waals surface area contributed by atoms with Crippen LogP contribution in [0.3, 0.4) is 0 Å². The van der Waals surface area contributed by atoms with Gasteiger partial charge in [-0.15, -0.1) is 0 Å². The summed E-state index contributed by atoms with van der Waals surface area (Å²) in [7, 11) is 1.84. The number of carboxylic acid groups (broad SMARTS) is 1. The zero-order valence-electron chi connectivity index (χ0n) is 10.4. The largest absolute Gasteiger partial charge is 0.481 e. The molecular formula is C14H17NO2. The molecule has 0 aromatic heterocycles. The van der Waals surface area contributed by atoms with Gasteiger partial charge in [0.1, 0.15) is 0 Å². The normalized spacial score (nSPS) is 10.5. The lowest BCUT2D eigenvalue weighted by atomic mass is 9.84. The molecule has 0 unspecified atom stereocenters. The Morgan fingerprint density at radius 1 is 1.35 bits per heavy atom. The standard InChI is InChI=1S/C14H17NO2/c1-14(2,13(16)17)12-8-6-11(7-9-12)5-4-10-15-3/h6-9,15H,10H2,1-3H3,(H,16,17). The van der Waals surface area contributed by atoms with Gasteiger partial charge in [-0.05, 0) is 38.6 Å². The predicted octanol–water partition coefficient (Wildman–Crippen LogP) is 1.62. The van der Waals surface area contributed by atoms with Crippen LogP contribution in [0.2, 0.25) is 0 Å². The van der Waals surface area contributed by atoms with Crippen LogP contribution in [0.25, 0.3) is 0 Å². The predicted molar refractivity (Wildman–Crippen MR) is 67.9 cm³/mol. The van der Waals surface area contributed by atoms with E-state index in [9.17, 15) is 4.79 Å². The van der Waals surface area contributed by atoms with E-state index in [1.807, 2.05) is 31.3 Å². The minimum atomic E-state index is -0.864. The SMILES string of the molecule is CNCC#Cc1ccc(C(C)(C)C(=O)O)cc1. The quantitative estimate of drug-likeness (QED) is 0.777. The molecule has 0 amide bonds. The molecule has 0 aliphatic rings. The summed E-state index contributed by atoms with van der Waals surface area (Å²) in [6.07, 6.45) is 0. The van der Waals surface area contributed by atoms with Crippen molar-refractivity contribution in [2.24, 2.45) is 0 Å². The maximum atomic E-state index is 11.1. The van der Waals surface area contributed by atoms with Crippen molar-refractivity contribution in [2.45, 2.75) is 19.3 Å². The fraction of sp³-hybridized carbons (Fsp3) is 0.357. The molecule has 1 aromatic carbocycles. The molecule has 17 heavy (non-hydrogen) atoms. The van der Waals surface area contributed by atoms with Crippen LogP contribution in [-0.4, -0.2) is 24.7 Å². The Bertz CT molecular complexity index is 449. The molecule has 90 valence electrons. The molecule has 2 N–H and O–H groups in total. The molecule has 3 heteroatoms. The second kappa shape index (κ2) is 5.51. The summed E-state index contributed by atoms with van der Waals surface area (Å²) in [4.78, 5) is 11.1. The highest BCUT2D eigenvalue weighted by Gasteiger charge is 2.28. The molecule has 1 rings (SSSR count). The van der Waals surface area contributed by atoms with Crippen molar-refractivity contribution in [3.63, 3.8) is 0 Å². The fourth-order valence-electron chi connectivity index (χ4n) is 1.33. The summed E-state index contributed by atoms with van der Waals surface area (Å²) < 4.78 is 0. The zero-order chi connectivity index (χ0) is 12.9. The van der Waals surface area contributed by atoms with Gasteiger partial charge in [-0.2, -0.15) is 0 Å². The highest BCUT2D eigenvalue weighted by Crippen LogP contribution is 2.23. The lowest BCUT2D eigenvalue weighted by Gasteiger charge is -2.19. The van der Waals surface area contributed by atoms with Gasteiger partial charge in [0.25, 0.3) is 0 Å². The summed E-state index contributed by atoms with van der Waals surface area (Å²) in [6, 6.07) is 7.33. The van der Waals surface area contributed by atoms with E-state index in [1.165, 1.54) is 0 Å². The van der Waals surface area contributed by atoms with E-state index in [4.69, 9.17) is 5.11 Å². The van der Waals surface area contributed by atoms with Gasteiger partial charge in [-0.25, -0.2) is 0 Å². The molecule has 0 atom stereocenters. The van der Waals surface area contributed by atoms with Crippen molar-refractivity contribution < 1.29 is 9.90 Å². The zero-order valence-corrected chi connectivity index (χ0v) is 10.4. The Kier molecular flexibility index (Phi) is 4.30. The highest BCUT2D eigenvalue weighted by molar-refractivity contribution is 5.80. The van der Waals surface area contributed by atoms with Crippen molar-refractivity contribution in [3.8, 4) is 11.8 Å². The second-order valence-electron chi connectivity index (χ2n) is 4.34. The lowest BCUT2D eigenvalue weighted by molar-refractivity contribution is -0.142. The van der Waals surface area contributed by atoms with E-state index < -0.39 is 11.4 Å². The average Bonchev–Trinajstić information content (AvgIpc) is 2.30. The molecule has 0 aliphatic carbocycles. The lowest BCUT2D eigenvalue weighted by Crippen LogP contribution is -2.28. The molecule has 0 spiro atoms. The van der Waals surface area contributed by atoms with E-state index >= 15 is 0 Å². The Morgan fingerprint density at radius 2 is 1.94 bits per heavy atom. The van der Waals surface area contributed by atoms with Crippen molar-refractivity contribution in [2.75, 3.05) is 13.6 Å². The Balaban J connectivity index is 2.90. The van der Waals surface area contributed by atoms with Gasteiger partial charge in [-0.3, -0.25) is 4.79 Å². The van der Waals surface area contributed by atoms with Crippen LogP contribution in [0, 0.1) is 11.8 Å². The van der Waals surface area contributed by atoms with Crippen LogP contribution in [0.15, 0.2) is 24.3 Å². The highest BCUT2D eigenvalue weighted by atomic mass is 16.4. The van der Waals surface area contributed by atoms with E-state index in [0.717, 1.165) is 11.1 Å². The van der Waals surface area contributed by atoms with Gasteiger partial charge >= 0.3 is 5.97 Å². The summed E-state index contributed by atoms with van der Waals surface area (Å²) in [6.45, 7) is 4.02. The smallest absolute Gasteiger partial charge is 0.313 e. The Labute approximate surface area is 102 Å². The third-order valence-corrected chi connectivity index (χ3v) is 2.64. The summed E-state index contributed by atoms with van der Waals surface area (Å²) in [5, 5.41) is 12.0. The Hall–Kier alpha value is -1.79. The first-order valence-electron chi connectivity index (χ1n) is 5.46. The molecule has 0 radical (unpaired) electrons. The van der Waals surface area contributed by atoms with Gasteiger partial charge in [0, 0.05) is 5.56 Å². The van der Waals surface area contributed by atoms with E-state index in [2.05, 4.69) is 17.2 Å². The third-order valence-electron chi connectivity index (χ3n) is 2.64. The monoisotopic (exact) mass is 231 g/mol. The van der Waals surface area contributed by atoms with Gasteiger partial charge in [0.15, 0.2) is 0 Å². The van der Waals surface area contributed by atoms with Gasteiger partial charge in [-0.1, -0.05) is 24.0 Å². The summed E-state index contributed by atoms with van der Waals surface area (Å²) >= 11 is 0. The van der Waals surface area contributed by atoms with Crippen LogP contribution in [0.5, 0.6) is 0 Å². The van der Waals surface area contributed by atoms with Gasteiger partial charge in [0.05, 0.1) is 12.0 Å². The molecular weight excluding hydrogens is 214 g/mol. The van der Waals surface area contributed by atoms with Crippen LogP contribution in [-0.2, 0) is 10.2 Å². The number of aliphatic carboxylic acids is 1. The van der Waals surface area contributed by atoms with E-state index in [1.54, 1.807) is 13.8 Å². The topological polar surface area (TPSA) is 49.3 Å². The van der Waals surface area contributed by atoms with Crippen molar-refractivity contribution in [1.29, 1.82) is 0 Å². The first kappa shape index (κ1) is 13.3. The first-order valence-corrected chi connectivity index (χ1v) is 5.46. The van der Waals surface area contributed by atoms with Crippen molar-refractivity contribution in [3.05, 3.63) is 35.4 Å². The van der Waals surface area contributed by atoms with E-state index in [-0.39, 0.29) is 0 Å². The van der Waals surface area contributed by atoms with Crippen molar-refractivity contribution >= 4 is 5.97 Å². The van der Waals surface area contributed by atoms with Crippen LogP contribution < -0.4 is 5.32 Å². The number of carbonyl (C=O) groups is 1. The first-order chi connectivity index (χ1) is 7.98. The minimum absolute atomic E-state index is 0.641. The molecule has 0 heterocycles. The summed E-state index contributed by atoms with van der Waals surface area (Å²) in [5.74, 6) is 5.12. The van der Waals surface area contributed by atoms with E-state index in [0.29, 0.717) is 6.54 Å². The van der Waals surface area contributed by atoms with Gasteiger partial charge in [0.2, 0.25) is 0 Å². The molecule has 0 saturated heterocycles. The number of nitrogens with one attached hydrogen (secondary N) is 1. The molecule has 0 fully saturated rings. The van der Waals surface area contributed by atoms with Crippen LogP contribution in [0.1, 0.15) is 25.0 Å². The number of benzene rings is 1.